The average Bonchev–Trinajstić information content (AvgIpc) is 2.82. The highest BCUT2D eigenvalue weighted by molar-refractivity contribution is 6.29. The summed E-state index contributed by atoms with van der Waals surface area (Å²) in [5.41, 5.74) is -8.89. The molecule has 0 unspecified atom stereocenters. The summed E-state index contributed by atoms with van der Waals surface area (Å²) in [6.07, 6.45) is -3.66. The minimum absolute atomic E-state index is 0.0773. The maximum atomic E-state index is 14.6. The summed E-state index contributed by atoms with van der Waals surface area (Å²) in [5, 5.41) is 42.7. The highest BCUT2D eigenvalue weighted by Crippen LogP contribution is 2.39. The van der Waals surface area contributed by atoms with Crippen LogP contribution in [0.25, 0.3) is 0 Å². The van der Waals surface area contributed by atoms with Crippen LogP contribution >= 0.6 is 0 Å². The Morgan fingerprint density at radius 1 is 0.944 bits per heavy atom. The first-order valence-corrected chi connectivity index (χ1v) is 11.3. The zero-order valence-electron chi connectivity index (χ0n) is 23.0. The van der Waals surface area contributed by atoms with E-state index in [0.717, 1.165) is 27.8 Å². The van der Waals surface area contributed by atoms with Gasteiger partial charge < -0.3 is 35.5 Å². The van der Waals surface area contributed by atoms with Crippen LogP contribution in [-0.4, -0.2) is 122 Å². The summed E-state index contributed by atoms with van der Waals surface area (Å²) in [6.45, 7) is 5.80. The van der Waals surface area contributed by atoms with Gasteiger partial charge in [0.15, 0.2) is 22.6 Å². The Kier molecular flexibility index (Phi) is 10.4. The van der Waals surface area contributed by atoms with E-state index in [1.165, 1.54) is 20.9 Å². The summed E-state index contributed by atoms with van der Waals surface area (Å²) in [6, 6.07) is 0. The van der Waals surface area contributed by atoms with Gasteiger partial charge in [-0.2, -0.15) is 0 Å². The number of hydrogen-bond donors (Lipinski definition) is 5. The highest BCUT2D eigenvalue weighted by Gasteiger charge is 2.67. The number of aliphatic hydroxyl groups excluding tert-OH is 2. The average molecular weight is 519 g/mol. The van der Waals surface area contributed by atoms with Gasteiger partial charge in [-0.05, 0) is 40.7 Å². The second kappa shape index (κ2) is 12.0. The number of nitrogens with one attached hydrogen (secondary N) is 1. The lowest BCUT2D eigenvalue weighted by molar-refractivity contribution is -0.180. The molecule has 6 atom stereocenters. The number of carboxylic acid groups (broad SMARTS) is 1. The van der Waals surface area contributed by atoms with Crippen molar-refractivity contribution in [3.63, 3.8) is 0 Å². The van der Waals surface area contributed by atoms with E-state index in [-0.39, 0.29) is 6.42 Å². The van der Waals surface area contributed by atoms with Crippen LogP contribution in [-0.2, 0) is 28.8 Å². The molecule has 36 heavy (non-hydrogen) atoms. The number of carbonyl (C=O) groups is 6. The summed E-state index contributed by atoms with van der Waals surface area (Å²) in [7, 11) is 1.23. The van der Waals surface area contributed by atoms with Gasteiger partial charge in [-0.3, -0.25) is 24.0 Å². The van der Waals surface area contributed by atoms with E-state index in [2.05, 4.69) is 5.32 Å². The van der Waals surface area contributed by atoms with Crippen LogP contribution in [0.4, 0.5) is 0 Å². The Bertz CT molecular complexity index is 922. The number of amides is 2. The van der Waals surface area contributed by atoms with Gasteiger partial charge in [0.1, 0.15) is 12.2 Å². The number of aliphatic carboxylic acids is 1. The molecule has 0 aromatic rings. The number of likely N-dealkylation sites (N-methyl/N-ethyl adjacent to an activating group) is 3. The number of hydrogen-bond acceptors (Lipinski definition) is 10. The molecule has 5 N–H and O–H groups in total. The monoisotopic (exact) mass is 518 g/mol. The largest absolute Gasteiger partial charge is 0.479 e. The molecule has 0 bridgehead atoms. The number of aliphatic hydroxyl groups is 3. The maximum Gasteiger partial charge on any atom is 0.343 e. The van der Waals surface area contributed by atoms with Gasteiger partial charge >= 0.3 is 5.97 Å². The van der Waals surface area contributed by atoms with Crippen molar-refractivity contribution in [1.82, 2.24) is 15.1 Å². The van der Waals surface area contributed by atoms with Gasteiger partial charge in [0.25, 0.3) is 11.8 Å². The summed E-state index contributed by atoms with van der Waals surface area (Å²) >= 11 is 0. The third-order valence-electron chi connectivity index (χ3n) is 6.58. The predicted octanol–water partition coefficient (Wildman–Crippen LogP) is -2.03. The molecule has 2 amide bonds. The minimum atomic E-state index is -3.26. The maximum absolute atomic E-state index is 14.6. The first kappa shape index (κ1) is 31.3. The van der Waals surface area contributed by atoms with E-state index in [4.69, 9.17) is 1.37 Å². The molecule has 0 aliphatic heterocycles. The number of ketones is 3. The number of carbonyl (C=O) groups excluding carboxylic acids is 5. The lowest BCUT2D eigenvalue weighted by Crippen LogP contribution is -2.77. The summed E-state index contributed by atoms with van der Waals surface area (Å²) in [5.74, 6) is -10.0. The molecule has 0 heterocycles. The molecule has 0 spiro atoms. The second-order valence-corrected chi connectivity index (χ2v) is 9.15. The second-order valence-electron chi connectivity index (χ2n) is 9.15. The Balaban J connectivity index is 8.01. The first-order chi connectivity index (χ1) is 16.8. The van der Waals surface area contributed by atoms with Crippen molar-refractivity contribution in [2.24, 2.45) is 5.92 Å². The number of Topliss-reactive ketones (excluding diaryl/α,β-unsaturated/α-hetero) is 3. The van der Waals surface area contributed by atoms with Crippen molar-refractivity contribution in [3.8, 4) is 0 Å². The van der Waals surface area contributed by atoms with Crippen LogP contribution < -0.4 is 5.32 Å². The topological polar surface area (TPSA) is 202 Å². The zero-order valence-corrected chi connectivity index (χ0v) is 22.0. The molecule has 0 saturated carbocycles. The molecule has 206 valence electrons. The van der Waals surface area contributed by atoms with E-state index in [1.807, 2.05) is 0 Å². The first-order valence-electron chi connectivity index (χ1n) is 12.0. The van der Waals surface area contributed by atoms with Gasteiger partial charge in [-0.1, -0.05) is 20.3 Å². The normalized spacial score (nSPS) is 19.2. The van der Waals surface area contributed by atoms with Gasteiger partial charge in [0, 0.05) is 15.4 Å². The van der Waals surface area contributed by atoms with Crippen LogP contribution in [0, 0.1) is 5.92 Å². The van der Waals surface area contributed by atoms with E-state index >= 15 is 0 Å². The molecule has 0 aromatic heterocycles. The van der Waals surface area contributed by atoms with E-state index in [9.17, 15) is 49.2 Å². The Morgan fingerprint density at radius 3 is 1.72 bits per heavy atom. The molecule has 0 rings (SSSR count). The van der Waals surface area contributed by atoms with Crippen molar-refractivity contribution >= 4 is 35.1 Å². The molecule has 0 fully saturated rings. The SMILES string of the molecule is [2H]CN(C(=O)[C@@H](C)O)[C@](C)(C(=O)CNC)C(=O)[C@@](C(=O)[C@](C)(O)C(=O)O)([C@H](C)CC)N(C)C(=O)[C@@H](C)O. The Morgan fingerprint density at radius 2 is 1.39 bits per heavy atom. The third kappa shape index (κ3) is 5.48. The van der Waals surface area contributed by atoms with Crippen molar-refractivity contribution in [2.75, 3.05) is 27.7 Å². The van der Waals surface area contributed by atoms with E-state index in [1.54, 1.807) is 0 Å². The quantitative estimate of drug-likeness (QED) is 0.159. The number of nitrogens with zero attached hydrogens (tertiary/aromatic N) is 2. The van der Waals surface area contributed by atoms with Crippen LogP contribution in [0.5, 0.6) is 0 Å². The molecule has 13 heteroatoms. The van der Waals surface area contributed by atoms with Gasteiger partial charge in [-0.25, -0.2) is 4.79 Å². The Labute approximate surface area is 211 Å². The summed E-state index contributed by atoms with van der Waals surface area (Å²) < 4.78 is 7.89. The van der Waals surface area contributed by atoms with Gasteiger partial charge in [-0.15, -0.1) is 0 Å². The lowest BCUT2D eigenvalue weighted by Gasteiger charge is -2.50. The fourth-order valence-corrected chi connectivity index (χ4v) is 3.95. The molecule has 0 saturated heterocycles. The van der Waals surface area contributed by atoms with Crippen LogP contribution in [0.2, 0.25) is 0 Å². The van der Waals surface area contributed by atoms with Crippen LogP contribution in [0.1, 0.15) is 49.3 Å². The minimum Gasteiger partial charge on any atom is -0.479 e. The van der Waals surface area contributed by atoms with Crippen molar-refractivity contribution in [3.05, 3.63) is 0 Å². The number of rotatable bonds is 14. The molecule has 0 aliphatic rings. The molecule has 0 aromatic carbocycles. The third-order valence-corrected chi connectivity index (χ3v) is 6.58. The number of carboxylic acids is 1. The molecule has 0 radical (unpaired) electrons. The van der Waals surface area contributed by atoms with Gasteiger partial charge in [0.2, 0.25) is 11.4 Å². The molecule has 13 nitrogen and oxygen atoms in total. The van der Waals surface area contributed by atoms with Gasteiger partial charge in [0.05, 0.1) is 6.54 Å². The lowest BCUT2D eigenvalue weighted by atomic mass is 9.64. The summed E-state index contributed by atoms with van der Waals surface area (Å²) in [4.78, 5) is 80.6. The van der Waals surface area contributed by atoms with Crippen LogP contribution in [0.15, 0.2) is 0 Å². The van der Waals surface area contributed by atoms with E-state index in [0.29, 0.717) is 16.7 Å². The van der Waals surface area contributed by atoms with Crippen molar-refractivity contribution in [1.29, 1.82) is 0 Å². The fourth-order valence-electron chi connectivity index (χ4n) is 3.95. The highest BCUT2D eigenvalue weighted by atomic mass is 16.4. The van der Waals surface area contributed by atoms with Crippen LogP contribution in [0.3, 0.4) is 0 Å². The van der Waals surface area contributed by atoms with E-state index < -0.39 is 83.5 Å². The smallest absolute Gasteiger partial charge is 0.343 e. The van der Waals surface area contributed by atoms with Crippen molar-refractivity contribution in [2.45, 2.75) is 76.9 Å². The zero-order chi connectivity index (χ0) is 29.7. The standard InChI is InChI=1S/C23H39N3O10/c1-10-12(2)23(26(9)17(31)14(4)28,19(33)22(6,36)20(34)35)18(32)21(5,15(29)11-24-7)25(8)16(30)13(3)27/h12-14,24,27-28,36H,10-11H2,1-9H3,(H,34,35)/t12-,13-,14-,21-,22+,23-/m1/s1/i8D. The Hall–Kier alpha value is -2.74. The molecular weight excluding hydrogens is 478 g/mol. The fraction of sp³-hybridized carbons (Fsp3) is 0.739. The predicted molar refractivity (Wildman–Crippen MR) is 127 cm³/mol. The van der Waals surface area contributed by atoms with Crippen molar-refractivity contribution < 1.29 is 50.6 Å². The molecular formula is C23H39N3O10. The molecule has 0 aliphatic carbocycles.